The van der Waals surface area contributed by atoms with Gasteiger partial charge in [0.05, 0.1) is 10.6 Å². The predicted octanol–water partition coefficient (Wildman–Crippen LogP) is 4.06. The van der Waals surface area contributed by atoms with Crippen LogP contribution in [0.15, 0.2) is 30.5 Å². The number of rotatable bonds is 3. The van der Waals surface area contributed by atoms with Gasteiger partial charge in [-0.15, -0.1) is 0 Å². The van der Waals surface area contributed by atoms with Gasteiger partial charge in [0.1, 0.15) is 5.82 Å². The van der Waals surface area contributed by atoms with Gasteiger partial charge in [-0.3, -0.25) is 0 Å². The number of nitrogens with one attached hydrogen (secondary N) is 1. The van der Waals surface area contributed by atoms with Crippen molar-refractivity contribution in [3.63, 3.8) is 0 Å². The molecule has 1 aliphatic rings. The Morgan fingerprint density at radius 1 is 1.29 bits per heavy atom. The number of aryl methyl sites for hydroxylation is 1. The Hall–Kier alpha value is -2.07. The first-order valence-electron chi connectivity index (χ1n) is 6.92. The monoisotopic (exact) mass is 302 g/mol. The summed E-state index contributed by atoms with van der Waals surface area (Å²) in [6.07, 6.45) is 5.87. The summed E-state index contributed by atoms with van der Waals surface area (Å²) in [6, 6.07) is 7.59. The summed E-state index contributed by atoms with van der Waals surface area (Å²) in [7, 11) is 0. The van der Waals surface area contributed by atoms with E-state index in [1.54, 1.807) is 0 Å². The van der Waals surface area contributed by atoms with E-state index in [1.807, 2.05) is 12.1 Å². The van der Waals surface area contributed by atoms with Crippen LogP contribution in [0.2, 0.25) is 5.02 Å². The third-order valence-corrected chi connectivity index (χ3v) is 4.03. The molecule has 2 aromatic rings. The Kier molecular flexibility index (Phi) is 3.80. The van der Waals surface area contributed by atoms with Crippen molar-refractivity contribution in [3.8, 4) is 0 Å². The summed E-state index contributed by atoms with van der Waals surface area (Å²) in [5.74, 6) is -0.548. The first-order valence-corrected chi connectivity index (χ1v) is 7.29. The molecular formula is C16H15ClN2O2. The average Bonchev–Trinajstić information content (AvgIpc) is 2.49. The smallest absolute Gasteiger partial charge is 0.337 e. The molecule has 5 heteroatoms. The normalized spacial score (nSPS) is 13.6. The second kappa shape index (κ2) is 5.74. The van der Waals surface area contributed by atoms with Crippen LogP contribution in [0.5, 0.6) is 0 Å². The zero-order chi connectivity index (χ0) is 14.8. The maximum atomic E-state index is 10.9. The number of carboxylic acids is 1. The fraction of sp³-hybridized carbons (Fsp3) is 0.250. The van der Waals surface area contributed by atoms with Gasteiger partial charge in [0.2, 0.25) is 0 Å². The molecule has 0 radical (unpaired) electrons. The molecule has 21 heavy (non-hydrogen) atoms. The van der Waals surface area contributed by atoms with E-state index in [9.17, 15) is 4.79 Å². The number of anilines is 2. The first kappa shape index (κ1) is 13.9. The van der Waals surface area contributed by atoms with Gasteiger partial charge in [-0.05, 0) is 48.9 Å². The van der Waals surface area contributed by atoms with E-state index in [2.05, 4.69) is 16.4 Å². The summed E-state index contributed by atoms with van der Waals surface area (Å²) in [5, 5.41) is 12.5. The summed E-state index contributed by atoms with van der Waals surface area (Å²) in [4.78, 5) is 15.0. The molecular weight excluding hydrogens is 288 g/mol. The van der Waals surface area contributed by atoms with Crippen LogP contribution in [0.25, 0.3) is 0 Å². The molecule has 2 N–H and O–H groups in total. The van der Waals surface area contributed by atoms with Gasteiger partial charge < -0.3 is 10.4 Å². The molecule has 4 nitrogen and oxygen atoms in total. The van der Waals surface area contributed by atoms with Gasteiger partial charge in [0, 0.05) is 11.9 Å². The summed E-state index contributed by atoms with van der Waals surface area (Å²) >= 11 is 6.12. The van der Waals surface area contributed by atoms with Crippen LogP contribution < -0.4 is 5.32 Å². The number of benzene rings is 1. The fourth-order valence-corrected chi connectivity index (χ4v) is 2.89. The number of aromatic carboxylic acids is 1. The molecule has 0 unspecified atom stereocenters. The van der Waals surface area contributed by atoms with Gasteiger partial charge >= 0.3 is 5.97 Å². The predicted molar refractivity (Wildman–Crippen MR) is 82.6 cm³/mol. The molecule has 0 bridgehead atoms. The Balaban J connectivity index is 1.92. The molecule has 108 valence electrons. The number of carbonyl (C=O) groups is 1. The molecule has 3 rings (SSSR count). The number of hydrogen-bond acceptors (Lipinski definition) is 3. The van der Waals surface area contributed by atoms with Crippen LogP contribution in [0.4, 0.5) is 11.5 Å². The second-order valence-electron chi connectivity index (χ2n) is 5.13. The van der Waals surface area contributed by atoms with Crippen LogP contribution in [-0.4, -0.2) is 16.1 Å². The minimum atomic E-state index is -1.03. The summed E-state index contributed by atoms with van der Waals surface area (Å²) in [6.45, 7) is 0. The molecule has 1 aromatic carbocycles. The molecule has 1 aliphatic carbocycles. The number of pyridine rings is 1. The van der Waals surface area contributed by atoms with Crippen molar-refractivity contribution in [2.75, 3.05) is 5.32 Å². The lowest BCUT2D eigenvalue weighted by Crippen LogP contribution is -2.07. The molecule has 0 aliphatic heterocycles. The molecule has 0 fully saturated rings. The van der Waals surface area contributed by atoms with E-state index in [0.29, 0.717) is 10.8 Å². The average molecular weight is 303 g/mol. The maximum Gasteiger partial charge on any atom is 0.337 e. The van der Waals surface area contributed by atoms with Gasteiger partial charge in [-0.1, -0.05) is 23.7 Å². The highest BCUT2D eigenvalue weighted by atomic mass is 35.5. The first-order chi connectivity index (χ1) is 10.1. The number of carboxylic acid groups (broad SMARTS) is 1. The van der Waals surface area contributed by atoms with Crippen LogP contribution in [0.1, 0.15) is 34.3 Å². The minimum Gasteiger partial charge on any atom is -0.478 e. The molecule has 1 heterocycles. The molecule has 0 spiro atoms. The molecule has 1 aromatic heterocycles. The fourth-order valence-electron chi connectivity index (χ4n) is 2.67. The van der Waals surface area contributed by atoms with E-state index in [4.69, 9.17) is 16.7 Å². The van der Waals surface area contributed by atoms with Crippen molar-refractivity contribution >= 4 is 29.1 Å². The van der Waals surface area contributed by atoms with E-state index in [1.165, 1.54) is 36.2 Å². The van der Waals surface area contributed by atoms with E-state index < -0.39 is 5.97 Å². The molecule has 0 amide bonds. The Bertz CT molecular complexity index is 701. The number of nitrogens with zero attached hydrogens (tertiary/aromatic N) is 1. The third-order valence-electron chi connectivity index (χ3n) is 3.74. The van der Waals surface area contributed by atoms with Crippen LogP contribution >= 0.6 is 11.6 Å². The van der Waals surface area contributed by atoms with Crippen molar-refractivity contribution in [2.45, 2.75) is 25.7 Å². The second-order valence-corrected chi connectivity index (χ2v) is 5.54. The van der Waals surface area contributed by atoms with Crippen molar-refractivity contribution in [1.82, 2.24) is 4.98 Å². The van der Waals surface area contributed by atoms with Gasteiger partial charge in [0.25, 0.3) is 0 Å². The van der Waals surface area contributed by atoms with Crippen molar-refractivity contribution < 1.29 is 9.90 Å². The third kappa shape index (κ3) is 2.85. The van der Waals surface area contributed by atoms with Gasteiger partial charge in [-0.2, -0.15) is 0 Å². The van der Waals surface area contributed by atoms with Gasteiger partial charge in [-0.25, -0.2) is 9.78 Å². The highest BCUT2D eigenvalue weighted by molar-refractivity contribution is 6.33. The Morgan fingerprint density at radius 2 is 2.10 bits per heavy atom. The van der Waals surface area contributed by atoms with Crippen molar-refractivity contribution in [3.05, 3.63) is 52.2 Å². The quantitative estimate of drug-likeness (QED) is 0.897. The minimum absolute atomic E-state index is 0.0839. The number of fused-ring (bicyclic) bond motifs is 1. The zero-order valence-electron chi connectivity index (χ0n) is 11.4. The molecule has 0 atom stereocenters. The number of halogens is 1. The lowest BCUT2D eigenvalue weighted by atomic mass is 9.90. The Morgan fingerprint density at radius 3 is 2.86 bits per heavy atom. The van der Waals surface area contributed by atoms with Crippen LogP contribution in [0.3, 0.4) is 0 Å². The largest absolute Gasteiger partial charge is 0.478 e. The van der Waals surface area contributed by atoms with Gasteiger partial charge in [0.15, 0.2) is 0 Å². The topological polar surface area (TPSA) is 62.2 Å². The lowest BCUT2D eigenvalue weighted by Gasteiger charge is -2.20. The number of hydrogen-bond donors (Lipinski definition) is 2. The van der Waals surface area contributed by atoms with Crippen molar-refractivity contribution in [2.24, 2.45) is 0 Å². The van der Waals surface area contributed by atoms with Crippen LogP contribution in [0, 0.1) is 0 Å². The highest BCUT2D eigenvalue weighted by Crippen LogP contribution is 2.31. The summed E-state index contributed by atoms with van der Waals surface area (Å²) in [5.41, 5.74) is 3.76. The molecule has 0 saturated carbocycles. The SMILES string of the molecule is O=C(O)c1cnc(Nc2cccc3c2CCCC3)c(Cl)c1. The van der Waals surface area contributed by atoms with E-state index in [0.717, 1.165) is 18.5 Å². The summed E-state index contributed by atoms with van der Waals surface area (Å²) < 4.78 is 0. The Labute approximate surface area is 127 Å². The molecule has 0 saturated heterocycles. The number of aromatic nitrogens is 1. The van der Waals surface area contributed by atoms with Crippen LogP contribution in [-0.2, 0) is 12.8 Å². The standard InChI is InChI=1S/C16H15ClN2O2/c17-13-8-11(16(20)21)9-18-15(13)19-14-7-3-5-10-4-1-2-6-12(10)14/h3,5,7-9H,1-2,4,6H2,(H,18,19)(H,20,21). The highest BCUT2D eigenvalue weighted by Gasteiger charge is 2.14. The lowest BCUT2D eigenvalue weighted by molar-refractivity contribution is 0.0696. The van der Waals surface area contributed by atoms with E-state index >= 15 is 0 Å². The zero-order valence-corrected chi connectivity index (χ0v) is 12.2. The van der Waals surface area contributed by atoms with E-state index in [-0.39, 0.29) is 5.56 Å². The maximum absolute atomic E-state index is 10.9. The van der Waals surface area contributed by atoms with Crippen molar-refractivity contribution in [1.29, 1.82) is 0 Å².